The number of hydrogen-bond acceptors (Lipinski definition) is 2. The summed E-state index contributed by atoms with van der Waals surface area (Å²) in [6, 6.07) is 4.74. The summed E-state index contributed by atoms with van der Waals surface area (Å²) in [5.74, 6) is -0.0702. The molecular weight excluding hydrogens is 239 g/mol. The van der Waals surface area contributed by atoms with Crippen molar-refractivity contribution in [2.75, 3.05) is 18.0 Å². The molecule has 17 heavy (non-hydrogen) atoms. The Morgan fingerprint density at radius 3 is 2.88 bits per heavy atom. The van der Waals surface area contributed by atoms with Gasteiger partial charge in [0, 0.05) is 30.9 Å². The average molecular weight is 257 g/mol. The number of aryl methyl sites for hydroxylation is 1. The lowest BCUT2D eigenvalue weighted by molar-refractivity contribution is 0.430. The van der Waals surface area contributed by atoms with Crippen LogP contribution >= 0.6 is 12.4 Å². The van der Waals surface area contributed by atoms with E-state index >= 15 is 0 Å². The molecule has 1 aromatic carbocycles. The van der Waals surface area contributed by atoms with Gasteiger partial charge in [0.2, 0.25) is 0 Å². The predicted octanol–water partition coefficient (Wildman–Crippen LogP) is 2.28. The molecule has 1 saturated heterocycles. The molecule has 0 spiro atoms. The highest BCUT2D eigenvalue weighted by Crippen LogP contribution is 2.36. The standard InChI is InChI=1S/C13H17FN2.ClH/c1-8-3-13-10(5-12(8)14)4-11-7-15-6-9(2)16(11)13;/h3,5,9,11,15H,4,6-7H2,1-2H3;1H. The van der Waals surface area contributed by atoms with Crippen molar-refractivity contribution in [2.45, 2.75) is 32.4 Å². The van der Waals surface area contributed by atoms with Crippen molar-refractivity contribution >= 4 is 18.1 Å². The predicted molar refractivity (Wildman–Crippen MR) is 70.7 cm³/mol. The number of fused-ring (bicyclic) bond motifs is 3. The van der Waals surface area contributed by atoms with E-state index in [4.69, 9.17) is 0 Å². The normalized spacial score (nSPS) is 26.2. The van der Waals surface area contributed by atoms with E-state index in [1.165, 1.54) is 11.3 Å². The molecule has 2 atom stereocenters. The van der Waals surface area contributed by atoms with Gasteiger partial charge >= 0.3 is 0 Å². The van der Waals surface area contributed by atoms with Gasteiger partial charge in [-0.05, 0) is 43.5 Å². The lowest BCUT2D eigenvalue weighted by atomic mass is 10.1. The second-order valence-electron chi connectivity index (χ2n) is 5.00. The third-order valence-corrected chi connectivity index (χ3v) is 3.78. The van der Waals surface area contributed by atoms with Gasteiger partial charge in [-0.3, -0.25) is 0 Å². The maximum atomic E-state index is 13.5. The molecule has 0 aromatic heterocycles. The van der Waals surface area contributed by atoms with Crippen LogP contribution in [0.4, 0.5) is 10.1 Å². The van der Waals surface area contributed by atoms with E-state index in [-0.39, 0.29) is 18.2 Å². The Bertz CT molecular complexity index is 436. The van der Waals surface area contributed by atoms with Crippen molar-refractivity contribution in [1.29, 1.82) is 0 Å². The van der Waals surface area contributed by atoms with E-state index < -0.39 is 0 Å². The Hall–Kier alpha value is -0.800. The fourth-order valence-corrected chi connectivity index (χ4v) is 2.99. The second-order valence-corrected chi connectivity index (χ2v) is 5.00. The molecule has 0 saturated carbocycles. The zero-order chi connectivity index (χ0) is 11.3. The molecule has 2 heterocycles. The van der Waals surface area contributed by atoms with Crippen LogP contribution in [0.3, 0.4) is 0 Å². The molecule has 2 aliphatic heterocycles. The number of hydrogen-bond donors (Lipinski definition) is 1. The van der Waals surface area contributed by atoms with Crippen LogP contribution in [-0.2, 0) is 6.42 Å². The van der Waals surface area contributed by atoms with Crippen LogP contribution in [0, 0.1) is 12.7 Å². The molecule has 2 aliphatic rings. The van der Waals surface area contributed by atoms with Crippen LogP contribution in [0.15, 0.2) is 12.1 Å². The molecule has 94 valence electrons. The van der Waals surface area contributed by atoms with Crippen molar-refractivity contribution in [2.24, 2.45) is 0 Å². The highest BCUT2D eigenvalue weighted by atomic mass is 35.5. The third-order valence-electron chi connectivity index (χ3n) is 3.78. The molecule has 3 rings (SSSR count). The quantitative estimate of drug-likeness (QED) is 0.766. The largest absolute Gasteiger partial charge is 0.363 e. The highest BCUT2D eigenvalue weighted by molar-refractivity contribution is 5.85. The van der Waals surface area contributed by atoms with Crippen LogP contribution in [0.1, 0.15) is 18.1 Å². The minimum atomic E-state index is -0.0702. The molecule has 2 unspecified atom stereocenters. The summed E-state index contributed by atoms with van der Waals surface area (Å²) in [6.45, 7) is 6.11. The van der Waals surface area contributed by atoms with Gasteiger partial charge in [-0.15, -0.1) is 12.4 Å². The summed E-state index contributed by atoms with van der Waals surface area (Å²) in [6.07, 6.45) is 0.976. The smallest absolute Gasteiger partial charge is 0.126 e. The van der Waals surface area contributed by atoms with E-state index in [9.17, 15) is 4.39 Å². The Morgan fingerprint density at radius 1 is 1.35 bits per heavy atom. The number of nitrogens with one attached hydrogen (secondary N) is 1. The topological polar surface area (TPSA) is 15.3 Å². The zero-order valence-electron chi connectivity index (χ0n) is 10.2. The summed E-state index contributed by atoms with van der Waals surface area (Å²) in [7, 11) is 0. The fourth-order valence-electron chi connectivity index (χ4n) is 2.99. The Kier molecular flexibility index (Phi) is 3.32. The first-order valence-electron chi connectivity index (χ1n) is 5.95. The molecule has 1 aromatic rings. The number of benzene rings is 1. The van der Waals surface area contributed by atoms with E-state index in [2.05, 4.69) is 17.1 Å². The molecule has 2 nitrogen and oxygen atoms in total. The van der Waals surface area contributed by atoms with E-state index in [1.807, 2.05) is 13.0 Å². The number of anilines is 1. The van der Waals surface area contributed by atoms with Gasteiger partial charge in [-0.1, -0.05) is 0 Å². The summed E-state index contributed by atoms with van der Waals surface area (Å²) in [5, 5.41) is 3.43. The van der Waals surface area contributed by atoms with E-state index in [0.717, 1.165) is 25.1 Å². The van der Waals surface area contributed by atoms with Crippen molar-refractivity contribution in [3.63, 3.8) is 0 Å². The van der Waals surface area contributed by atoms with E-state index in [1.54, 1.807) is 6.07 Å². The highest BCUT2D eigenvalue weighted by Gasteiger charge is 2.35. The first-order valence-corrected chi connectivity index (χ1v) is 5.95. The SMILES string of the molecule is Cc1cc2c(cc1F)CC1CNCC(C)N21.Cl. The fraction of sp³-hybridized carbons (Fsp3) is 0.538. The van der Waals surface area contributed by atoms with Crippen LogP contribution < -0.4 is 10.2 Å². The third kappa shape index (κ3) is 1.91. The molecule has 0 amide bonds. The van der Waals surface area contributed by atoms with Crippen molar-refractivity contribution < 1.29 is 4.39 Å². The maximum absolute atomic E-state index is 13.5. The summed E-state index contributed by atoms with van der Waals surface area (Å²) < 4.78 is 13.5. The Morgan fingerprint density at radius 2 is 2.12 bits per heavy atom. The molecule has 1 N–H and O–H groups in total. The summed E-state index contributed by atoms with van der Waals surface area (Å²) in [4.78, 5) is 2.46. The molecule has 0 radical (unpaired) electrons. The Labute approximate surface area is 108 Å². The number of rotatable bonds is 0. The van der Waals surface area contributed by atoms with Crippen LogP contribution in [0.2, 0.25) is 0 Å². The zero-order valence-corrected chi connectivity index (χ0v) is 11.0. The first kappa shape index (κ1) is 12.7. The molecule has 0 aliphatic carbocycles. The molecule has 0 bridgehead atoms. The van der Waals surface area contributed by atoms with Gasteiger partial charge in [0.1, 0.15) is 5.82 Å². The van der Waals surface area contributed by atoms with Crippen LogP contribution in [0.5, 0.6) is 0 Å². The number of piperazine rings is 1. The maximum Gasteiger partial charge on any atom is 0.126 e. The van der Waals surface area contributed by atoms with Crippen molar-refractivity contribution in [3.05, 3.63) is 29.1 Å². The summed E-state index contributed by atoms with van der Waals surface area (Å²) >= 11 is 0. The van der Waals surface area contributed by atoms with E-state index in [0.29, 0.717) is 12.1 Å². The Balaban J connectivity index is 0.00000108. The van der Waals surface area contributed by atoms with Crippen LogP contribution in [-0.4, -0.2) is 25.2 Å². The van der Waals surface area contributed by atoms with Gasteiger partial charge in [0.25, 0.3) is 0 Å². The van der Waals surface area contributed by atoms with Gasteiger partial charge in [0.15, 0.2) is 0 Å². The second kappa shape index (κ2) is 4.46. The molecule has 1 fully saturated rings. The monoisotopic (exact) mass is 256 g/mol. The van der Waals surface area contributed by atoms with Gasteiger partial charge in [0.05, 0.1) is 0 Å². The number of halogens is 2. The minimum absolute atomic E-state index is 0. The van der Waals surface area contributed by atoms with Crippen LogP contribution in [0.25, 0.3) is 0 Å². The molecular formula is C13H18ClFN2. The molecule has 4 heteroatoms. The minimum Gasteiger partial charge on any atom is -0.363 e. The first-order chi connectivity index (χ1) is 7.66. The van der Waals surface area contributed by atoms with Crippen molar-refractivity contribution in [3.8, 4) is 0 Å². The van der Waals surface area contributed by atoms with Crippen molar-refractivity contribution in [1.82, 2.24) is 5.32 Å². The van der Waals surface area contributed by atoms with Gasteiger partial charge in [-0.25, -0.2) is 4.39 Å². The summed E-state index contributed by atoms with van der Waals surface area (Å²) in [5.41, 5.74) is 3.17. The number of nitrogens with zero attached hydrogens (tertiary/aromatic N) is 1. The van der Waals surface area contributed by atoms with Gasteiger partial charge < -0.3 is 10.2 Å². The lowest BCUT2D eigenvalue weighted by Crippen LogP contribution is -2.54. The lowest BCUT2D eigenvalue weighted by Gasteiger charge is -2.38. The average Bonchev–Trinajstić information content (AvgIpc) is 2.58. The van der Waals surface area contributed by atoms with Gasteiger partial charge in [-0.2, -0.15) is 0 Å².